The number of rotatable bonds is 3. The molecule has 0 radical (unpaired) electrons. The molecule has 0 aromatic carbocycles. The van der Waals surface area contributed by atoms with E-state index in [1.165, 1.54) is 6.42 Å². The summed E-state index contributed by atoms with van der Waals surface area (Å²) in [4.78, 5) is 4.89. The van der Waals surface area contributed by atoms with E-state index in [0.717, 1.165) is 48.5 Å². The Kier molecular flexibility index (Phi) is 3.49. The van der Waals surface area contributed by atoms with Crippen molar-refractivity contribution in [3.8, 4) is 11.1 Å². The minimum atomic E-state index is 0.422. The molecule has 4 N–H and O–H groups in total. The summed E-state index contributed by atoms with van der Waals surface area (Å²) < 4.78 is 3.75. The number of aromatic amines is 1. The van der Waals surface area contributed by atoms with Crippen LogP contribution in [0, 0.1) is 0 Å². The number of aryl methyl sites for hydroxylation is 1. The molecule has 7 heteroatoms. The smallest absolute Gasteiger partial charge is 0.203 e. The van der Waals surface area contributed by atoms with Crippen molar-refractivity contribution in [2.75, 3.05) is 18.8 Å². The number of H-pyrrole nitrogens is 1. The summed E-state index contributed by atoms with van der Waals surface area (Å²) in [5.41, 5.74) is 10.2. The van der Waals surface area contributed by atoms with E-state index >= 15 is 0 Å². The van der Waals surface area contributed by atoms with E-state index in [-0.39, 0.29) is 0 Å². The van der Waals surface area contributed by atoms with Crippen LogP contribution in [0.3, 0.4) is 0 Å². The number of fused-ring (bicyclic) bond motifs is 1. The zero-order chi connectivity index (χ0) is 15.8. The van der Waals surface area contributed by atoms with Crippen LogP contribution in [0.4, 0.5) is 5.82 Å². The van der Waals surface area contributed by atoms with Gasteiger partial charge in [0.1, 0.15) is 5.82 Å². The second-order valence-corrected chi connectivity index (χ2v) is 6.09. The van der Waals surface area contributed by atoms with Gasteiger partial charge in [0.05, 0.1) is 29.2 Å². The van der Waals surface area contributed by atoms with Gasteiger partial charge in [0.15, 0.2) is 12.2 Å². The van der Waals surface area contributed by atoms with E-state index in [1.54, 1.807) is 4.52 Å². The van der Waals surface area contributed by atoms with Gasteiger partial charge in [0.2, 0.25) is 6.20 Å². The van der Waals surface area contributed by atoms with E-state index in [4.69, 9.17) is 10.7 Å². The molecule has 1 atom stereocenters. The van der Waals surface area contributed by atoms with Crippen LogP contribution in [0.25, 0.3) is 16.8 Å². The number of hydrogen-bond donors (Lipinski definition) is 3. The van der Waals surface area contributed by atoms with Gasteiger partial charge in [-0.3, -0.25) is 0 Å². The van der Waals surface area contributed by atoms with E-state index < -0.39 is 0 Å². The monoisotopic (exact) mass is 312 g/mol. The van der Waals surface area contributed by atoms with Crippen LogP contribution >= 0.6 is 0 Å². The lowest BCUT2D eigenvalue weighted by Gasteiger charge is -2.22. The Hall–Kier alpha value is -2.41. The molecule has 1 unspecified atom stereocenters. The van der Waals surface area contributed by atoms with Gasteiger partial charge < -0.3 is 11.1 Å². The molecular weight excluding hydrogens is 290 g/mol. The highest BCUT2D eigenvalue weighted by Crippen LogP contribution is 2.28. The van der Waals surface area contributed by atoms with Gasteiger partial charge in [0.25, 0.3) is 0 Å². The molecule has 1 aliphatic rings. The lowest BCUT2D eigenvalue weighted by Crippen LogP contribution is -2.32. The maximum atomic E-state index is 6.21. The van der Waals surface area contributed by atoms with Crippen molar-refractivity contribution in [2.24, 2.45) is 0 Å². The Morgan fingerprint density at radius 2 is 2.39 bits per heavy atom. The highest BCUT2D eigenvalue weighted by Gasteiger charge is 2.20. The highest BCUT2D eigenvalue weighted by atomic mass is 15.3. The summed E-state index contributed by atoms with van der Waals surface area (Å²) in [6.45, 7) is 5.05. The minimum absolute atomic E-state index is 0.422. The second-order valence-electron chi connectivity index (χ2n) is 6.09. The number of aromatic nitrogens is 5. The normalized spacial score (nSPS) is 18.6. The molecule has 1 saturated heterocycles. The zero-order valence-corrected chi connectivity index (χ0v) is 13.3. The molecule has 0 amide bonds. The highest BCUT2D eigenvalue weighted by molar-refractivity contribution is 5.76. The predicted octanol–water partition coefficient (Wildman–Crippen LogP) is 1.08. The molecule has 23 heavy (non-hydrogen) atoms. The SMILES string of the molecule is CC[n+]1cc(-c2cnn3c(N)cc(C4CCCNC4)nc23)c[nH]1. The lowest BCUT2D eigenvalue weighted by molar-refractivity contribution is -0.746. The zero-order valence-electron chi connectivity index (χ0n) is 13.3. The fourth-order valence-electron chi connectivity index (χ4n) is 3.25. The molecule has 1 aliphatic heterocycles. The van der Waals surface area contributed by atoms with E-state index in [2.05, 4.69) is 28.6 Å². The third kappa shape index (κ3) is 2.46. The average molecular weight is 312 g/mol. The first-order chi connectivity index (χ1) is 11.3. The molecule has 0 saturated carbocycles. The molecule has 7 nitrogen and oxygen atoms in total. The summed E-state index contributed by atoms with van der Waals surface area (Å²) in [6.07, 6.45) is 8.22. The molecule has 0 bridgehead atoms. The second kappa shape index (κ2) is 5.66. The third-order valence-corrected chi connectivity index (χ3v) is 4.57. The topological polar surface area (TPSA) is 87.9 Å². The van der Waals surface area contributed by atoms with Gasteiger partial charge in [-0.05, 0) is 26.3 Å². The quantitative estimate of drug-likeness (QED) is 0.632. The van der Waals surface area contributed by atoms with E-state index in [9.17, 15) is 0 Å². The molecular formula is C16H22N7+. The van der Waals surface area contributed by atoms with Crippen LogP contribution in [0.2, 0.25) is 0 Å². The number of nitrogens with one attached hydrogen (secondary N) is 2. The van der Waals surface area contributed by atoms with E-state index in [1.807, 2.05) is 23.1 Å². The number of piperidine rings is 1. The molecule has 1 fully saturated rings. The van der Waals surface area contributed by atoms with Crippen molar-refractivity contribution in [3.63, 3.8) is 0 Å². The van der Waals surface area contributed by atoms with Crippen LogP contribution in [-0.2, 0) is 6.54 Å². The van der Waals surface area contributed by atoms with Crippen LogP contribution < -0.4 is 15.7 Å². The summed E-state index contributed by atoms with van der Waals surface area (Å²) in [7, 11) is 0. The third-order valence-electron chi connectivity index (χ3n) is 4.57. The van der Waals surface area contributed by atoms with Crippen LogP contribution in [0.1, 0.15) is 31.4 Å². The predicted molar refractivity (Wildman–Crippen MR) is 87.9 cm³/mol. The minimum Gasteiger partial charge on any atom is -0.384 e. The van der Waals surface area contributed by atoms with Gasteiger partial charge in [-0.1, -0.05) is 0 Å². The maximum absolute atomic E-state index is 6.21. The Bertz CT molecular complexity index is 826. The molecule has 0 spiro atoms. The molecule has 0 aliphatic carbocycles. The van der Waals surface area contributed by atoms with Crippen molar-refractivity contribution in [2.45, 2.75) is 32.2 Å². The van der Waals surface area contributed by atoms with Gasteiger partial charge in [-0.2, -0.15) is 14.7 Å². The van der Waals surface area contributed by atoms with Crippen LogP contribution in [0.5, 0.6) is 0 Å². The number of nitrogens with zero attached hydrogens (tertiary/aromatic N) is 4. The van der Waals surface area contributed by atoms with Crippen molar-refractivity contribution in [1.82, 2.24) is 25.0 Å². The Balaban J connectivity index is 1.81. The number of nitrogen functional groups attached to an aromatic ring is 1. The Labute approximate surface area is 134 Å². The Morgan fingerprint density at radius 1 is 1.48 bits per heavy atom. The molecule has 4 heterocycles. The summed E-state index contributed by atoms with van der Waals surface area (Å²) in [6, 6.07) is 1.96. The summed E-state index contributed by atoms with van der Waals surface area (Å²) in [5.74, 6) is 1.06. The van der Waals surface area contributed by atoms with Crippen molar-refractivity contribution >= 4 is 11.5 Å². The van der Waals surface area contributed by atoms with Crippen molar-refractivity contribution in [1.29, 1.82) is 0 Å². The maximum Gasteiger partial charge on any atom is 0.203 e. The lowest BCUT2D eigenvalue weighted by atomic mass is 9.96. The summed E-state index contributed by atoms with van der Waals surface area (Å²) >= 11 is 0. The number of hydrogen-bond acceptors (Lipinski definition) is 4. The van der Waals surface area contributed by atoms with Crippen LogP contribution in [-0.4, -0.2) is 32.8 Å². The number of anilines is 1. The van der Waals surface area contributed by atoms with Crippen molar-refractivity contribution in [3.05, 3.63) is 30.4 Å². The van der Waals surface area contributed by atoms with Gasteiger partial charge in [-0.15, -0.1) is 4.68 Å². The average Bonchev–Trinajstić information content (AvgIpc) is 3.22. The standard InChI is InChI=1S/C16H21N7/c1-2-22-10-12(8-19-22)13-9-20-23-15(17)6-14(21-16(13)23)11-4-3-5-18-7-11/h6,8-11,18H,2-5,7H2,1H3,(H2,17,20,21)/p+1. The van der Waals surface area contributed by atoms with Gasteiger partial charge in [0, 0.05) is 18.5 Å². The summed E-state index contributed by atoms with van der Waals surface area (Å²) in [5, 5.41) is 11.1. The fraction of sp³-hybridized carbons (Fsp3) is 0.438. The van der Waals surface area contributed by atoms with Gasteiger partial charge >= 0.3 is 0 Å². The Morgan fingerprint density at radius 3 is 3.13 bits per heavy atom. The first-order valence-corrected chi connectivity index (χ1v) is 8.19. The molecule has 3 aromatic heterocycles. The first kappa shape index (κ1) is 14.2. The number of nitrogens with two attached hydrogens (primary N) is 1. The van der Waals surface area contributed by atoms with E-state index in [0.29, 0.717) is 11.7 Å². The van der Waals surface area contributed by atoms with Crippen LogP contribution in [0.15, 0.2) is 24.7 Å². The molecule has 3 aromatic rings. The largest absolute Gasteiger partial charge is 0.384 e. The molecule has 120 valence electrons. The fourth-order valence-corrected chi connectivity index (χ4v) is 3.25. The first-order valence-electron chi connectivity index (χ1n) is 8.19. The molecule has 4 rings (SSSR count). The van der Waals surface area contributed by atoms with Crippen molar-refractivity contribution < 1.29 is 4.68 Å². The van der Waals surface area contributed by atoms with Gasteiger partial charge in [-0.25, -0.2) is 4.98 Å².